The van der Waals surface area contributed by atoms with Gasteiger partial charge < -0.3 is 14.6 Å². The van der Waals surface area contributed by atoms with E-state index in [-0.39, 0.29) is 0 Å². The normalized spacial score (nSPS) is 10.8. The molecule has 1 N–H and O–H groups in total. The van der Waals surface area contributed by atoms with Crippen molar-refractivity contribution >= 4 is 10.9 Å². The molecule has 0 aliphatic rings. The van der Waals surface area contributed by atoms with Crippen LogP contribution in [0.4, 0.5) is 0 Å². The average Bonchev–Trinajstić information content (AvgIpc) is 2.88. The predicted molar refractivity (Wildman–Crippen MR) is 83.6 cm³/mol. The number of fused-ring (bicyclic) bond motifs is 1. The van der Waals surface area contributed by atoms with Gasteiger partial charge >= 0.3 is 0 Å². The van der Waals surface area contributed by atoms with Gasteiger partial charge in [-0.3, -0.25) is 0 Å². The number of ether oxygens (including phenoxy) is 1. The highest BCUT2D eigenvalue weighted by Gasteiger charge is 2.05. The zero-order valence-electron chi connectivity index (χ0n) is 12.1. The van der Waals surface area contributed by atoms with Crippen LogP contribution >= 0.6 is 0 Å². The van der Waals surface area contributed by atoms with Crippen molar-refractivity contribution in [1.82, 2.24) is 9.88 Å². The maximum absolute atomic E-state index is 5.31. The maximum Gasteiger partial charge on any atom is 0.0587 e. The Bertz CT molecular complexity index is 580. The highest BCUT2D eigenvalue weighted by molar-refractivity contribution is 5.83. The van der Waals surface area contributed by atoms with Crippen LogP contribution in [0.25, 0.3) is 10.9 Å². The SMILES string of the molecule is C#CCCCn1ccc2c(CNCCOC)cccc21. The lowest BCUT2D eigenvalue weighted by Crippen LogP contribution is -2.18. The fourth-order valence-corrected chi connectivity index (χ4v) is 2.39. The second-order valence-electron chi connectivity index (χ2n) is 4.84. The summed E-state index contributed by atoms with van der Waals surface area (Å²) in [6.45, 7) is 3.46. The van der Waals surface area contributed by atoms with Crippen molar-refractivity contribution in [2.45, 2.75) is 25.9 Å². The molecule has 106 valence electrons. The average molecular weight is 270 g/mol. The summed E-state index contributed by atoms with van der Waals surface area (Å²) in [6, 6.07) is 8.66. The van der Waals surface area contributed by atoms with Gasteiger partial charge in [-0.15, -0.1) is 12.3 Å². The van der Waals surface area contributed by atoms with Gasteiger partial charge in [0.25, 0.3) is 0 Å². The Morgan fingerprint density at radius 1 is 1.35 bits per heavy atom. The molecule has 3 heteroatoms. The summed E-state index contributed by atoms with van der Waals surface area (Å²) < 4.78 is 7.33. The van der Waals surface area contributed by atoms with Crippen LogP contribution in [0.1, 0.15) is 18.4 Å². The molecule has 1 aromatic carbocycles. The molecule has 2 rings (SSSR count). The molecule has 3 nitrogen and oxygen atoms in total. The number of aryl methyl sites for hydroxylation is 1. The van der Waals surface area contributed by atoms with Gasteiger partial charge in [-0.25, -0.2) is 0 Å². The highest BCUT2D eigenvalue weighted by atomic mass is 16.5. The molecule has 0 atom stereocenters. The molecule has 0 aliphatic carbocycles. The van der Waals surface area contributed by atoms with Crippen LogP contribution in [-0.4, -0.2) is 24.8 Å². The number of rotatable bonds is 8. The van der Waals surface area contributed by atoms with Gasteiger partial charge in [0.1, 0.15) is 0 Å². The Labute approximate surface area is 120 Å². The first-order valence-corrected chi connectivity index (χ1v) is 7.06. The van der Waals surface area contributed by atoms with Crippen LogP contribution in [0.3, 0.4) is 0 Å². The summed E-state index contributed by atoms with van der Waals surface area (Å²) in [7, 11) is 1.72. The summed E-state index contributed by atoms with van der Waals surface area (Å²) in [5.41, 5.74) is 2.61. The monoisotopic (exact) mass is 270 g/mol. The minimum Gasteiger partial charge on any atom is -0.383 e. The molecule has 0 fully saturated rings. The van der Waals surface area contributed by atoms with Crippen LogP contribution in [0, 0.1) is 12.3 Å². The van der Waals surface area contributed by atoms with Crippen molar-refractivity contribution in [2.75, 3.05) is 20.3 Å². The van der Waals surface area contributed by atoms with Crippen LogP contribution < -0.4 is 5.32 Å². The van der Waals surface area contributed by atoms with Gasteiger partial charge in [-0.1, -0.05) is 12.1 Å². The van der Waals surface area contributed by atoms with E-state index in [2.05, 4.69) is 46.3 Å². The number of aromatic nitrogens is 1. The first-order chi connectivity index (χ1) is 9.86. The van der Waals surface area contributed by atoms with E-state index < -0.39 is 0 Å². The molecule has 0 bridgehead atoms. The van der Waals surface area contributed by atoms with Crippen molar-refractivity contribution in [2.24, 2.45) is 0 Å². The van der Waals surface area contributed by atoms with Gasteiger partial charge in [0.15, 0.2) is 0 Å². The standard InChI is InChI=1S/C17H22N2O/c1-3-4-5-11-19-12-9-16-15(7-6-8-17(16)19)14-18-10-13-20-2/h1,6-9,12,18H,4-5,10-11,13-14H2,2H3. The third-order valence-electron chi connectivity index (χ3n) is 3.42. The van der Waals surface area contributed by atoms with Crippen molar-refractivity contribution in [3.63, 3.8) is 0 Å². The van der Waals surface area contributed by atoms with Crippen molar-refractivity contribution in [3.8, 4) is 12.3 Å². The van der Waals surface area contributed by atoms with E-state index in [0.29, 0.717) is 0 Å². The van der Waals surface area contributed by atoms with E-state index in [1.54, 1.807) is 7.11 Å². The molecular formula is C17H22N2O. The number of hydrogen-bond donors (Lipinski definition) is 1. The van der Waals surface area contributed by atoms with E-state index >= 15 is 0 Å². The molecule has 0 spiro atoms. The van der Waals surface area contributed by atoms with Crippen LogP contribution in [-0.2, 0) is 17.8 Å². The second kappa shape index (κ2) is 7.74. The number of nitrogens with one attached hydrogen (secondary N) is 1. The maximum atomic E-state index is 5.31. The van der Waals surface area contributed by atoms with Gasteiger partial charge in [0.05, 0.1) is 6.61 Å². The number of unbranched alkanes of at least 4 members (excludes halogenated alkanes) is 1. The van der Waals surface area contributed by atoms with Gasteiger partial charge in [-0.2, -0.15) is 0 Å². The number of hydrogen-bond acceptors (Lipinski definition) is 2. The Balaban J connectivity index is 2.07. The molecular weight excluding hydrogens is 248 g/mol. The van der Waals surface area contributed by atoms with Crippen LogP contribution in [0.15, 0.2) is 30.5 Å². The molecule has 0 radical (unpaired) electrons. The molecule has 0 saturated carbocycles. The molecule has 2 aromatic rings. The molecule has 1 aromatic heterocycles. The number of methoxy groups -OCH3 is 1. The fraction of sp³-hybridized carbons (Fsp3) is 0.412. The van der Waals surface area contributed by atoms with E-state index in [1.165, 1.54) is 16.5 Å². The number of nitrogens with zero attached hydrogens (tertiary/aromatic N) is 1. The van der Waals surface area contributed by atoms with Crippen LogP contribution in [0.5, 0.6) is 0 Å². The minimum atomic E-state index is 0.739. The highest BCUT2D eigenvalue weighted by Crippen LogP contribution is 2.20. The minimum absolute atomic E-state index is 0.739. The largest absolute Gasteiger partial charge is 0.383 e. The smallest absolute Gasteiger partial charge is 0.0587 e. The lowest BCUT2D eigenvalue weighted by Gasteiger charge is -2.08. The first-order valence-electron chi connectivity index (χ1n) is 7.06. The number of benzene rings is 1. The topological polar surface area (TPSA) is 26.2 Å². The molecule has 0 unspecified atom stereocenters. The zero-order chi connectivity index (χ0) is 14.2. The quantitative estimate of drug-likeness (QED) is 0.589. The summed E-state index contributed by atoms with van der Waals surface area (Å²) in [4.78, 5) is 0. The summed E-state index contributed by atoms with van der Waals surface area (Å²) in [6.07, 6.45) is 9.31. The Morgan fingerprint density at radius 3 is 3.05 bits per heavy atom. The fourth-order valence-electron chi connectivity index (χ4n) is 2.39. The van der Waals surface area contributed by atoms with Crippen molar-refractivity contribution in [3.05, 3.63) is 36.0 Å². The molecule has 1 heterocycles. The number of terminal acetylenes is 1. The predicted octanol–water partition coefficient (Wildman–Crippen LogP) is 2.79. The summed E-state index contributed by atoms with van der Waals surface area (Å²) >= 11 is 0. The van der Waals surface area contributed by atoms with E-state index in [9.17, 15) is 0 Å². The Hall–Kier alpha value is -1.76. The van der Waals surface area contributed by atoms with Gasteiger partial charge in [-0.05, 0) is 24.1 Å². The summed E-state index contributed by atoms with van der Waals surface area (Å²) in [5.74, 6) is 2.69. The molecule has 0 amide bonds. The Kier molecular flexibility index (Phi) is 5.67. The van der Waals surface area contributed by atoms with Gasteiger partial charge in [0.2, 0.25) is 0 Å². The lowest BCUT2D eigenvalue weighted by molar-refractivity contribution is 0.199. The molecule has 0 aliphatic heterocycles. The van der Waals surface area contributed by atoms with E-state index in [4.69, 9.17) is 11.2 Å². The molecule has 20 heavy (non-hydrogen) atoms. The van der Waals surface area contributed by atoms with E-state index in [0.717, 1.165) is 39.1 Å². The lowest BCUT2D eigenvalue weighted by atomic mass is 10.1. The van der Waals surface area contributed by atoms with Crippen molar-refractivity contribution < 1.29 is 4.74 Å². The third-order valence-corrected chi connectivity index (χ3v) is 3.42. The Morgan fingerprint density at radius 2 is 2.25 bits per heavy atom. The third kappa shape index (κ3) is 3.63. The van der Waals surface area contributed by atoms with Crippen LogP contribution in [0.2, 0.25) is 0 Å². The zero-order valence-corrected chi connectivity index (χ0v) is 12.1. The molecule has 0 saturated heterocycles. The first kappa shape index (κ1) is 14.6. The second-order valence-corrected chi connectivity index (χ2v) is 4.84. The van der Waals surface area contributed by atoms with Gasteiger partial charge in [0, 0.05) is 50.3 Å². The van der Waals surface area contributed by atoms with Crippen molar-refractivity contribution in [1.29, 1.82) is 0 Å². The van der Waals surface area contributed by atoms with E-state index in [1.807, 2.05) is 0 Å². The summed E-state index contributed by atoms with van der Waals surface area (Å²) in [5, 5.41) is 4.71.